The minimum atomic E-state index is -1.18. The first-order chi connectivity index (χ1) is 7.56. The van der Waals surface area contributed by atoms with Crippen LogP contribution in [0.15, 0.2) is 24.3 Å². The molecule has 0 amide bonds. The van der Waals surface area contributed by atoms with Gasteiger partial charge in [0.1, 0.15) is 0 Å². The second-order valence-corrected chi connectivity index (χ2v) is 5.09. The van der Waals surface area contributed by atoms with E-state index >= 15 is 0 Å². The van der Waals surface area contributed by atoms with Crippen LogP contribution in [0.1, 0.15) is 18.1 Å². The van der Waals surface area contributed by atoms with Gasteiger partial charge in [-0.2, -0.15) is 0 Å². The first-order valence-corrected chi connectivity index (χ1v) is 6.41. The average molecular weight is 254 g/mol. The van der Waals surface area contributed by atoms with Crippen molar-refractivity contribution in [1.82, 2.24) is 0 Å². The number of carbonyl (C=O) groups is 1. The van der Waals surface area contributed by atoms with Gasteiger partial charge in [-0.3, -0.25) is 4.79 Å². The Balaban J connectivity index is 2.78. The fourth-order valence-electron chi connectivity index (χ4n) is 1.20. The molecule has 0 radical (unpaired) electrons. The first-order valence-electron chi connectivity index (χ1n) is 5.02. The van der Waals surface area contributed by atoms with Crippen molar-refractivity contribution in [3.63, 3.8) is 0 Å². The minimum Gasteiger partial charge on any atom is -0.379 e. The molecule has 0 aromatic heterocycles. The summed E-state index contributed by atoms with van der Waals surface area (Å²) in [5, 5.41) is 9.44. The Morgan fingerprint density at radius 3 is 2.50 bits per heavy atom. The van der Waals surface area contributed by atoms with Crippen LogP contribution in [0.2, 0.25) is 0 Å². The molecule has 4 heteroatoms. The monoisotopic (exact) mass is 254 g/mol. The summed E-state index contributed by atoms with van der Waals surface area (Å²) in [6, 6.07) is 7.47. The Labute approximate surface area is 105 Å². The largest absolute Gasteiger partial charge is 0.379 e. The van der Waals surface area contributed by atoms with Crippen molar-refractivity contribution < 1.29 is 9.90 Å². The SMILES string of the molecule is CCSC(=O)[C@H](O)C(=S)c1ccc(C)cc1. The van der Waals surface area contributed by atoms with Crippen molar-refractivity contribution in [1.29, 1.82) is 0 Å². The quantitative estimate of drug-likeness (QED) is 0.661. The van der Waals surface area contributed by atoms with Crippen LogP contribution in [0.5, 0.6) is 0 Å². The summed E-state index contributed by atoms with van der Waals surface area (Å²) in [4.78, 5) is 11.7. The van der Waals surface area contributed by atoms with Crippen LogP contribution in [0.25, 0.3) is 0 Å². The van der Waals surface area contributed by atoms with Gasteiger partial charge < -0.3 is 5.11 Å². The molecule has 1 atom stereocenters. The van der Waals surface area contributed by atoms with E-state index in [4.69, 9.17) is 12.2 Å². The van der Waals surface area contributed by atoms with Gasteiger partial charge in [-0.25, -0.2) is 0 Å². The lowest BCUT2D eigenvalue weighted by atomic mass is 10.1. The molecule has 0 heterocycles. The van der Waals surface area contributed by atoms with Crippen LogP contribution in [-0.4, -0.2) is 26.9 Å². The van der Waals surface area contributed by atoms with Crippen molar-refractivity contribution in [2.24, 2.45) is 0 Å². The number of aliphatic hydroxyl groups excluding tert-OH is 1. The lowest BCUT2D eigenvalue weighted by Gasteiger charge is -2.10. The van der Waals surface area contributed by atoms with E-state index in [1.165, 1.54) is 0 Å². The fraction of sp³-hybridized carbons (Fsp3) is 0.333. The summed E-state index contributed by atoms with van der Waals surface area (Å²) in [5.41, 5.74) is 1.86. The number of thiocarbonyl (C=S) groups is 1. The van der Waals surface area contributed by atoms with Crippen molar-refractivity contribution in [2.75, 3.05) is 5.75 Å². The van der Waals surface area contributed by atoms with Crippen LogP contribution in [-0.2, 0) is 4.79 Å². The Bertz CT molecular complexity index is 385. The van der Waals surface area contributed by atoms with E-state index < -0.39 is 6.10 Å². The molecule has 0 aliphatic rings. The summed E-state index contributed by atoms with van der Waals surface area (Å²) in [7, 11) is 0. The van der Waals surface area contributed by atoms with E-state index in [1.54, 1.807) is 0 Å². The Hall–Kier alpha value is -0.710. The summed E-state index contributed by atoms with van der Waals surface area (Å²) >= 11 is 6.18. The Morgan fingerprint density at radius 2 is 2.00 bits per heavy atom. The van der Waals surface area contributed by atoms with Crippen molar-refractivity contribution in [2.45, 2.75) is 20.0 Å². The molecule has 1 aromatic rings. The molecule has 0 bridgehead atoms. The van der Waals surface area contributed by atoms with E-state index in [0.29, 0.717) is 10.6 Å². The molecule has 0 aliphatic heterocycles. The summed E-state index contributed by atoms with van der Waals surface area (Å²) in [6.07, 6.45) is -1.18. The molecule has 1 rings (SSSR count). The molecule has 0 unspecified atom stereocenters. The van der Waals surface area contributed by atoms with Crippen molar-refractivity contribution in [3.8, 4) is 0 Å². The zero-order valence-corrected chi connectivity index (χ0v) is 10.9. The van der Waals surface area contributed by atoms with E-state index in [0.717, 1.165) is 22.9 Å². The number of aryl methyl sites for hydroxylation is 1. The van der Waals surface area contributed by atoms with Gasteiger partial charge in [0.2, 0.25) is 5.12 Å². The standard InChI is InChI=1S/C12H14O2S2/c1-3-16-12(14)10(13)11(15)9-6-4-8(2)5-7-9/h4-7,10,13H,3H2,1-2H3/t10-/m1/s1. The molecule has 0 saturated carbocycles. The molecule has 0 aliphatic carbocycles. The smallest absolute Gasteiger partial charge is 0.222 e. The van der Waals surface area contributed by atoms with Crippen LogP contribution in [0, 0.1) is 6.92 Å². The van der Waals surface area contributed by atoms with Gasteiger partial charge >= 0.3 is 0 Å². The third-order valence-corrected chi connectivity index (χ3v) is 3.35. The highest BCUT2D eigenvalue weighted by atomic mass is 32.2. The molecular formula is C12H14O2S2. The number of hydrogen-bond donors (Lipinski definition) is 1. The summed E-state index contributed by atoms with van der Waals surface area (Å²) in [5.74, 6) is 0.645. The second kappa shape index (κ2) is 6.13. The molecule has 86 valence electrons. The number of rotatable bonds is 4. The molecule has 16 heavy (non-hydrogen) atoms. The molecule has 0 spiro atoms. The summed E-state index contributed by atoms with van der Waals surface area (Å²) in [6.45, 7) is 3.84. The molecule has 1 aromatic carbocycles. The first kappa shape index (κ1) is 13.4. The number of thioether (sulfide) groups is 1. The molecule has 1 N–H and O–H groups in total. The van der Waals surface area contributed by atoms with Gasteiger partial charge in [0.05, 0.1) is 4.86 Å². The van der Waals surface area contributed by atoms with Crippen LogP contribution in [0.3, 0.4) is 0 Å². The zero-order chi connectivity index (χ0) is 12.1. The molecule has 0 saturated heterocycles. The Kier molecular flexibility index (Phi) is 5.12. The number of aliphatic hydroxyl groups is 1. The van der Waals surface area contributed by atoms with Gasteiger partial charge in [-0.15, -0.1) is 0 Å². The van der Waals surface area contributed by atoms with E-state index in [-0.39, 0.29) is 5.12 Å². The van der Waals surface area contributed by atoms with Gasteiger partial charge in [-0.1, -0.05) is 60.7 Å². The molecule has 2 nitrogen and oxygen atoms in total. The lowest BCUT2D eigenvalue weighted by Crippen LogP contribution is -2.27. The highest BCUT2D eigenvalue weighted by Gasteiger charge is 2.20. The fourth-order valence-corrected chi connectivity index (χ4v) is 2.08. The third kappa shape index (κ3) is 3.40. The second-order valence-electron chi connectivity index (χ2n) is 3.38. The maximum atomic E-state index is 11.5. The van der Waals surface area contributed by atoms with E-state index in [1.807, 2.05) is 38.1 Å². The third-order valence-electron chi connectivity index (χ3n) is 2.09. The lowest BCUT2D eigenvalue weighted by molar-refractivity contribution is -0.115. The maximum absolute atomic E-state index is 11.5. The average Bonchev–Trinajstić information content (AvgIpc) is 2.28. The van der Waals surface area contributed by atoms with Crippen LogP contribution >= 0.6 is 24.0 Å². The van der Waals surface area contributed by atoms with Crippen LogP contribution < -0.4 is 0 Å². The van der Waals surface area contributed by atoms with Gasteiger partial charge in [0, 0.05) is 0 Å². The predicted molar refractivity (Wildman–Crippen MR) is 72.0 cm³/mol. The van der Waals surface area contributed by atoms with Crippen molar-refractivity contribution in [3.05, 3.63) is 35.4 Å². The van der Waals surface area contributed by atoms with Gasteiger partial charge in [-0.05, 0) is 18.2 Å². The molecular weight excluding hydrogens is 240 g/mol. The van der Waals surface area contributed by atoms with Crippen molar-refractivity contribution >= 4 is 34.0 Å². The summed E-state index contributed by atoms with van der Waals surface area (Å²) < 4.78 is 0. The topological polar surface area (TPSA) is 37.3 Å². The predicted octanol–water partition coefficient (Wildman–Crippen LogP) is 2.35. The number of carbonyl (C=O) groups excluding carboxylic acids is 1. The number of hydrogen-bond acceptors (Lipinski definition) is 4. The highest BCUT2D eigenvalue weighted by molar-refractivity contribution is 8.13. The van der Waals surface area contributed by atoms with E-state index in [2.05, 4.69) is 0 Å². The minimum absolute atomic E-state index is 0.284. The van der Waals surface area contributed by atoms with Gasteiger partial charge in [0.15, 0.2) is 6.10 Å². The van der Waals surface area contributed by atoms with Gasteiger partial charge in [0.25, 0.3) is 0 Å². The zero-order valence-electron chi connectivity index (χ0n) is 9.27. The number of benzene rings is 1. The Morgan fingerprint density at radius 1 is 1.44 bits per heavy atom. The normalized spacial score (nSPS) is 12.2. The maximum Gasteiger partial charge on any atom is 0.222 e. The van der Waals surface area contributed by atoms with E-state index in [9.17, 15) is 9.90 Å². The van der Waals surface area contributed by atoms with Crippen LogP contribution in [0.4, 0.5) is 0 Å². The highest BCUT2D eigenvalue weighted by Crippen LogP contribution is 2.12. The molecule has 0 fully saturated rings.